The Kier molecular flexibility index (Phi) is 4.16. The van der Waals surface area contributed by atoms with Crippen LogP contribution in [-0.4, -0.2) is 31.7 Å². The average molecular weight is 263 g/mol. The molecule has 1 saturated heterocycles. The molecule has 102 valence electrons. The highest BCUT2D eigenvalue weighted by atomic mass is 16.5. The number of carbonyl (C=O) groups excluding carboxylic acids is 2. The molecule has 0 aliphatic carbocycles. The van der Waals surface area contributed by atoms with E-state index in [9.17, 15) is 9.59 Å². The van der Waals surface area contributed by atoms with E-state index >= 15 is 0 Å². The summed E-state index contributed by atoms with van der Waals surface area (Å²) < 4.78 is 10.0. The molecule has 1 N–H and O–H groups in total. The van der Waals surface area contributed by atoms with Crippen LogP contribution in [0.3, 0.4) is 0 Å². The maximum atomic E-state index is 12.0. The van der Waals surface area contributed by atoms with Crippen molar-refractivity contribution in [2.75, 3.05) is 19.0 Å². The van der Waals surface area contributed by atoms with E-state index < -0.39 is 5.97 Å². The molecule has 1 aliphatic rings. The van der Waals surface area contributed by atoms with Gasteiger partial charge < -0.3 is 14.8 Å². The lowest BCUT2D eigenvalue weighted by Gasteiger charge is -2.14. The minimum Gasteiger partial charge on any atom is -0.465 e. The van der Waals surface area contributed by atoms with Gasteiger partial charge in [0.2, 0.25) is 0 Å². The fraction of sp³-hybridized carbons (Fsp3) is 0.429. The molecule has 0 bridgehead atoms. The van der Waals surface area contributed by atoms with Gasteiger partial charge in [-0.2, -0.15) is 0 Å². The van der Waals surface area contributed by atoms with Crippen LogP contribution in [0.2, 0.25) is 0 Å². The zero-order chi connectivity index (χ0) is 13.8. The van der Waals surface area contributed by atoms with Crippen molar-refractivity contribution in [1.82, 2.24) is 0 Å². The number of amides is 1. The summed E-state index contributed by atoms with van der Waals surface area (Å²) in [5.74, 6) is -0.576. The molecule has 5 heteroatoms. The minimum absolute atomic E-state index is 0.164. The van der Waals surface area contributed by atoms with Crippen LogP contribution in [0.5, 0.6) is 0 Å². The average Bonchev–Trinajstić information content (AvgIpc) is 2.94. The summed E-state index contributed by atoms with van der Waals surface area (Å²) >= 11 is 0. The van der Waals surface area contributed by atoms with Crippen molar-refractivity contribution in [1.29, 1.82) is 0 Å². The summed E-state index contributed by atoms with van der Waals surface area (Å²) in [6.07, 6.45) is 1.25. The quantitative estimate of drug-likeness (QED) is 0.846. The molecule has 0 aromatic heterocycles. The summed E-state index contributed by atoms with van der Waals surface area (Å²) in [4.78, 5) is 23.5. The lowest BCUT2D eigenvalue weighted by Crippen LogP contribution is -2.27. The molecule has 1 aromatic rings. The van der Waals surface area contributed by atoms with Gasteiger partial charge >= 0.3 is 5.97 Å². The second-order valence-corrected chi connectivity index (χ2v) is 4.46. The summed E-state index contributed by atoms with van der Waals surface area (Å²) in [7, 11) is 1.33. The van der Waals surface area contributed by atoms with Crippen molar-refractivity contribution >= 4 is 17.6 Å². The van der Waals surface area contributed by atoms with Gasteiger partial charge in [0.25, 0.3) is 5.91 Å². The maximum absolute atomic E-state index is 12.0. The highest BCUT2D eigenvalue weighted by Gasteiger charge is 2.24. The number of benzene rings is 1. The number of esters is 1. The summed E-state index contributed by atoms with van der Waals surface area (Å²) in [6.45, 7) is 2.40. The van der Waals surface area contributed by atoms with E-state index in [1.807, 2.05) is 0 Å². The van der Waals surface area contributed by atoms with E-state index in [4.69, 9.17) is 9.47 Å². The maximum Gasteiger partial charge on any atom is 0.338 e. The van der Waals surface area contributed by atoms with Crippen molar-refractivity contribution < 1.29 is 19.1 Å². The number of anilines is 1. The Balaban J connectivity index is 2.16. The topological polar surface area (TPSA) is 64.6 Å². The predicted octanol–water partition coefficient (Wildman–Crippen LogP) is 1.90. The fourth-order valence-corrected chi connectivity index (χ4v) is 2.10. The largest absolute Gasteiger partial charge is 0.465 e. The van der Waals surface area contributed by atoms with Gasteiger partial charge in [-0.3, -0.25) is 4.79 Å². The molecule has 1 heterocycles. The van der Waals surface area contributed by atoms with Crippen molar-refractivity contribution in [3.63, 3.8) is 0 Å². The number of rotatable bonds is 3. The standard InChI is InChI=1S/C14H17NO4/c1-9-10(14(17)18-2)5-3-6-11(9)15-13(16)12-7-4-8-19-12/h3,5-6,12H,4,7-8H2,1-2H3,(H,15,16)/t12-/m1/s1. The van der Waals surface area contributed by atoms with Crippen LogP contribution < -0.4 is 5.32 Å². The normalized spacial score (nSPS) is 18.1. The molecular weight excluding hydrogens is 246 g/mol. The molecule has 1 amide bonds. The Morgan fingerprint density at radius 3 is 2.84 bits per heavy atom. The zero-order valence-corrected chi connectivity index (χ0v) is 11.1. The summed E-state index contributed by atoms with van der Waals surface area (Å²) in [5, 5.41) is 2.80. The minimum atomic E-state index is -0.411. The highest BCUT2D eigenvalue weighted by Crippen LogP contribution is 2.21. The number of ether oxygens (including phenoxy) is 2. The number of hydrogen-bond acceptors (Lipinski definition) is 4. The third-order valence-corrected chi connectivity index (χ3v) is 3.22. The van der Waals surface area contributed by atoms with Crippen LogP contribution >= 0.6 is 0 Å². The SMILES string of the molecule is COC(=O)c1cccc(NC(=O)[C@H]2CCCO2)c1C. The second kappa shape index (κ2) is 5.84. The fourth-order valence-electron chi connectivity index (χ4n) is 2.10. The van der Waals surface area contributed by atoms with Crippen LogP contribution in [-0.2, 0) is 14.3 Å². The third-order valence-electron chi connectivity index (χ3n) is 3.22. The second-order valence-electron chi connectivity index (χ2n) is 4.46. The van der Waals surface area contributed by atoms with Crippen LogP contribution in [0.4, 0.5) is 5.69 Å². The molecule has 2 rings (SSSR count). The Morgan fingerprint density at radius 2 is 2.21 bits per heavy atom. The van der Waals surface area contributed by atoms with E-state index in [1.165, 1.54) is 7.11 Å². The van der Waals surface area contributed by atoms with E-state index in [0.717, 1.165) is 12.8 Å². The van der Waals surface area contributed by atoms with Crippen LogP contribution in [0.1, 0.15) is 28.8 Å². The number of carbonyl (C=O) groups is 2. The predicted molar refractivity (Wildman–Crippen MR) is 70.1 cm³/mol. The monoisotopic (exact) mass is 263 g/mol. The third kappa shape index (κ3) is 2.93. The molecule has 5 nitrogen and oxygen atoms in total. The molecule has 1 aliphatic heterocycles. The smallest absolute Gasteiger partial charge is 0.338 e. The van der Waals surface area contributed by atoms with E-state index in [-0.39, 0.29) is 12.0 Å². The Morgan fingerprint density at radius 1 is 1.42 bits per heavy atom. The van der Waals surface area contributed by atoms with Crippen molar-refractivity contribution in [2.24, 2.45) is 0 Å². The molecule has 1 fully saturated rings. The molecule has 1 aromatic carbocycles. The lowest BCUT2D eigenvalue weighted by molar-refractivity contribution is -0.124. The van der Waals surface area contributed by atoms with Gasteiger partial charge in [-0.05, 0) is 37.5 Å². The first kappa shape index (κ1) is 13.5. The van der Waals surface area contributed by atoms with Gasteiger partial charge in [-0.15, -0.1) is 0 Å². The Bertz CT molecular complexity index is 492. The van der Waals surface area contributed by atoms with Gasteiger partial charge in [0.1, 0.15) is 6.10 Å². The lowest BCUT2D eigenvalue weighted by atomic mass is 10.1. The molecule has 0 spiro atoms. The van der Waals surface area contributed by atoms with Crippen molar-refractivity contribution in [2.45, 2.75) is 25.9 Å². The van der Waals surface area contributed by atoms with Crippen LogP contribution in [0.25, 0.3) is 0 Å². The zero-order valence-electron chi connectivity index (χ0n) is 11.1. The Hall–Kier alpha value is -1.88. The van der Waals surface area contributed by atoms with Crippen molar-refractivity contribution in [3.05, 3.63) is 29.3 Å². The van der Waals surface area contributed by atoms with Gasteiger partial charge in [0.05, 0.1) is 12.7 Å². The van der Waals surface area contributed by atoms with Gasteiger partial charge in [0, 0.05) is 12.3 Å². The van der Waals surface area contributed by atoms with Gasteiger partial charge in [-0.1, -0.05) is 6.07 Å². The number of nitrogens with one attached hydrogen (secondary N) is 1. The molecule has 0 unspecified atom stereocenters. The first-order chi connectivity index (χ1) is 9.13. The van der Waals surface area contributed by atoms with E-state index in [1.54, 1.807) is 25.1 Å². The molecule has 19 heavy (non-hydrogen) atoms. The first-order valence-electron chi connectivity index (χ1n) is 6.24. The summed E-state index contributed by atoms with van der Waals surface area (Å²) in [5.41, 5.74) is 1.76. The molecule has 0 saturated carbocycles. The van der Waals surface area contributed by atoms with Crippen molar-refractivity contribution in [3.8, 4) is 0 Å². The number of hydrogen-bond donors (Lipinski definition) is 1. The highest BCUT2D eigenvalue weighted by molar-refractivity contribution is 5.98. The van der Waals surface area contributed by atoms with Crippen LogP contribution in [0, 0.1) is 6.92 Å². The molecule has 0 radical (unpaired) electrons. The number of methoxy groups -OCH3 is 1. The van der Waals surface area contributed by atoms with E-state index in [0.29, 0.717) is 23.4 Å². The Labute approximate surface area is 111 Å². The summed E-state index contributed by atoms with van der Waals surface area (Å²) in [6, 6.07) is 5.14. The van der Waals surface area contributed by atoms with Crippen LogP contribution in [0.15, 0.2) is 18.2 Å². The van der Waals surface area contributed by atoms with Gasteiger partial charge in [-0.25, -0.2) is 4.79 Å². The first-order valence-corrected chi connectivity index (χ1v) is 6.24. The van der Waals surface area contributed by atoms with Gasteiger partial charge in [0.15, 0.2) is 0 Å². The van der Waals surface area contributed by atoms with E-state index in [2.05, 4.69) is 5.32 Å². The molecule has 1 atom stereocenters. The molecular formula is C14H17NO4.